The van der Waals surface area contributed by atoms with Crippen molar-refractivity contribution in [1.29, 1.82) is 0 Å². The van der Waals surface area contributed by atoms with Crippen molar-refractivity contribution in [3.63, 3.8) is 0 Å². The molecule has 166 valence electrons. The predicted octanol–water partition coefficient (Wildman–Crippen LogP) is 2.22. The number of hydrogen-bond acceptors (Lipinski definition) is 4. The summed E-state index contributed by atoms with van der Waals surface area (Å²) in [6.07, 6.45) is 4.44. The van der Waals surface area contributed by atoms with Gasteiger partial charge < -0.3 is 14.9 Å². The standard InChI is InChI=1S/C26H29N3O3/c1-18(2)5-3-6-19-8-10-21(11-9-19)26-22-15-28(16-25(32)29(22)23(26)17-30)24(31)13-20-7-4-12-27-14-20/h4,7-12,14,18,22-23,26,30H,5,13,15-17H2,1-2H3/t22-,23+,26+/m1/s1. The van der Waals surface area contributed by atoms with Gasteiger partial charge in [0.25, 0.3) is 0 Å². The summed E-state index contributed by atoms with van der Waals surface area (Å²) in [7, 11) is 0. The van der Waals surface area contributed by atoms with E-state index in [1.807, 2.05) is 30.3 Å². The van der Waals surface area contributed by atoms with Gasteiger partial charge in [-0.1, -0.05) is 43.9 Å². The number of benzene rings is 1. The van der Waals surface area contributed by atoms with Gasteiger partial charge in [0.05, 0.1) is 31.7 Å². The van der Waals surface area contributed by atoms with Gasteiger partial charge in [0.2, 0.25) is 11.8 Å². The monoisotopic (exact) mass is 431 g/mol. The summed E-state index contributed by atoms with van der Waals surface area (Å²) >= 11 is 0. The maximum Gasteiger partial charge on any atom is 0.242 e. The second-order valence-corrected chi connectivity index (χ2v) is 8.98. The molecule has 6 nitrogen and oxygen atoms in total. The molecule has 0 unspecified atom stereocenters. The number of aliphatic hydroxyl groups is 1. The fourth-order valence-electron chi connectivity index (χ4n) is 4.62. The summed E-state index contributed by atoms with van der Waals surface area (Å²) in [5.74, 6) is 6.74. The zero-order valence-electron chi connectivity index (χ0n) is 18.6. The lowest BCUT2D eigenvalue weighted by Crippen LogP contribution is -2.73. The molecule has 4 rings (SSSR count). The van der Waals surface area contributed by atoms with Crippen LogP contribution in [0.1, 0.15) is 42.9 Å². The van der Waals surface area contributed by atoms with Crippen molar-refractivity contribution in [2.45, 2.75) is 44.7 Å². The lowest BCUT2D eigenvalue weighted by molar-refractivity contribution is -0.166. The molecular weight excluding hydrogens is 402 g/mol. The first kappa shape index (κ1) is 22.0. The van der Waals surface area contributed by atoms with Crippen molar-refractivity contribution >= 4 is 11.8 Å². The maximum absolute atomic E-state index is 12.8. The van der Waals surface area contributed by atoms with Gasteiger partial charge in [0, 0.05) is 36.8 Å². The molecule has 0 aliphatic carbocycles. The third kappa shape index (κ3) is 4.53. The fourth-order valence-corrected chi connectivity index (χ4v) is 4.62. The van der Waals surface area contributed by atoms with E-state index in [1.165, 1.54) is 0 Å². The molecule has 3 heterocycles. The third-order valence-electron chi connectivity index (χ3n) is 6.22. The minimum absolute atomic E-state index is 0.00406. The first-order valence-corrected chi connectivity index (χ1v) is 11.2. The summed E-state index contributed by atoms with van der Waals surface area (Å²) in [6.45, 7) is 4.73. The van der Waals surface area contributed by atoms with Gasteiger partial charge >= 0.3 is 0 Å². The molecule has 6 heteroatoms. The molecule has 1 aromatic carbocycles. The SMILES string of the molecule is CC(C)CC#Cc1ccc([C@H]2[C@H]3CN(C(=O)Cc4cccnc4)CC(=O)N3[C@H]2CO)cc1. The van der Waals surface area contributed by atoms with Crippen molar-refractivity contribution in [3.05, 3.63) is 65.5 Å². The number of fused-ring (bicyclic) bond motifs is 1. The Kier molecular flexibility index (Phi) is 6.57. The van der Waals surface area contributed by atoms with Gasteiger partial charge in [-0.05, 0) is 35.2 Å². The van der Waals surface area contributed by atoms with E-state index >= 15 is 0 Å². The molecule has 2 aromatic rings. The van der Waals surface area contributed by atoms with E-state index in [0.29, 0.717) is 12.5 Å². The van der Waals surface area contributed by atoms with Crippen LogP contribution in [0.5, 0.6) is 0 Å². The predicted molar refractivity (Wildman–Crippen MR) is 122 cm³/mol. The molecule has 0 bridgehead atoms. The van der Waals surface area contributed by atoms with E-state index < -0.39 is 0 Å². The molecule has 3 atom stereocenters. The second kappa shape index (κ2) is 9.54. The molecule has 2 saturated heterocycles. The van der Waals surface area contributed by atoms with Crippen molar-refractivity contribution in [2.75, 3.05) is 19.7 Å². The quantitative estimate of drug-likeness (QED) is 0.737. The van der Waals surface area contributed by atoms with Gasteiger partial charge in [-0.15, -0.1) is 0 Å². The van der Waals surface area contributed by atoms with Crippen molar-refractivity contribution in [2.24, 2.45) is 5.92 Å². The molecule has 32 heavy (non-hydrogen) atoms. The number of hydrogen-bond donors (Lipinski definition) is 1. The summed E-state index contributed by atoms with van der Waals surface area (Å²) < 4.78 is 0. The molecule has 2 aliphatic heterocycles. The Hall–Kier alpha value is -3.17. The lowest BCUT2D eigenvalue weighted by Gasteiger charge is -2.58. The van der Waals surface area contributed by atoms with Crippen LogP contribution in [0.15, 0.2) is 48.8 Å². The average molecular weight is 432 g/mol. The Morgan fingerprint density at radius 1 is 1.25 bits per heavy atom. The summed E-state index contributed by atoms with van der Waals surface area (Å²) in [4.78, 5) is 33.1. The first-order chi connectivity index (χ1) is 15.5. The van der Waals surface area contributed by atoms with Gasteiger partial charge in [0.15, 0.2) is 0 Å². The number of aromatic nitrogens is 1. The summed E-state index contributed by atoms with van der Waals surface area (Å²) in [5.41, 5.74) is 2.85. The first-order valence-electron chi connectivity index (χ1n) is 11.2. The van der Waals surface area contributed by atoms with Crippen molar-refractivity contribution in [3.8, 4) is 11.8 Å². The Bertz CT molecular complexity index is 1020. The van der Waals surface area contributed by atoms with E-state index in [0.717, 1.165) is 23.1 Å². The molecule has 2 fully saturated rings. The molecule has 1 N–H and O–H groups in total. The van der Waals surface area contributed by atoms with Gasteiger partial charge in [-0.25, -0.2) is 0 Å². The van der Waals surface area contributed by atoms with Crippen LogP contribution in [0.3, 0.4) is 0 Å². The van der Waals surface area contributed by atoms with Crippen LogP contribution in [0.4, 0.5) is 0 Å². The lowest BCUT2D eigenvalue weighted by atomic mass is 9.73. The average Bonchev–Trinajstić information content (AvgIpc) is 2.76. The van der Waals surface area contributed by atoms with Crippen molar-refractivity contribution < 1.29 is 14.7 Å². The van der Waals surface area contributed by atoms with Crippen LogP contribution in [0.25, 0.3) is 0 Å². The number of piperazine rings is 1. The largest absolute Gasteiger partial charge is 0.394 e. The van der Waals surface area contributed by atoms with E-state index in [-0.39, 0.29) is 49.4 Å². The molecule has 1 aromatic heterocycles. The van der Waals surface area contributed by atoms with Gasteiger partial charge in [-0.3, -0.25) is 14.6 Å². The number of rotatable bonds is 5. The minimum Gasteiger partial charge on any atom is -0.394 e. The zero-order valence-corrected chi connectivity index (χ0v) is 18.6. The molecule has 2 aliphatic rings. The second-order valence-electron chi connectivity index (χ2n) is 8.98. The highest BCUT2D eigenvalue weighted by Gasteiger charge is 2.54. The maximum atomic E-state index is 12.8. The zero-order chi connectivity index (χ0) is 22.7. The van der Waals surface area contributed by atoms with Crippen LogP contribution in [0, 0.1) is 17.8 Å². The van der Waals surface area contributed by atoms with Crippen LogP contribution in [0.2, 0.25) is 0 Å². The van der Waals surface area contributed by atoms with Crippen LogP contribution in [-0.2, 0) is 16.0 Å². The van der Waals surface area contributed by atoms with Crippen LogP contribution < -0.4 is 0 Å². The Balaban J connectivity index is 1.48. The van der Waals surface area contributed by atoms with Crippen LogP contribution >= 0.6 is 0 Å². The number of carbonyl (C=O) groups excluding carboxylic acids is 2. The summed E-state index contributed by atoms with van der Waals surface area (Å²) in [6, 6.07) is 11.4. The normalized spacial score (nSPS) is 22.1. The van der Waals surface area contributed by atoms with Crippen molar-refractivity contribution in [1.82, 2.24) is 14.8 Å². The van der Waals surface area contributed by atoms with E-state index in [4.69, 9.17) is 0 Å². The topological polar surface area (TPSA) is 73.7 Å². The van der Waals surface area contributed by atoms with Gasteiger partial charge in [0.1, 0.15) is 0 Å². The Morgan fingerprint density at radius 3 is 2.69 bits per heavy atom. The molecular formula is C26H29N3O3. The highest BCUT2D eigenvalue weighted by Crippen LogP contribution is 2.42. The number of pyridine rings is 1. The Labute approximate surface area is 189 Å². The number of aliphatic hydroxyl groups excluding tert-OH is 1. The number of nitrogens with zero attached hydrogens (tertiary/aromatic N) is 3. The van der Waals surface area contributed by atoms with E-state index in [1.54, 1.807) is 28.3 Å². The highest BCUT2D eigenvalue weighted by atomic mass is 16.3. The van der Waals surface area contributed by atoms with Crippen LogP contribution in [-0.4, -0.2) is 63.5 Å². The van der Waals surface area contributed by atoms with E-state index in [9.17, 15) is 14.7 Å². The number of amides is 2. The molecule has 0 saturated carbocycles. The Morgan fingerprint density at radius 2 is 2.03 bits per heavy atom. The minimum atomic E-state index is -0.249. The van der Waals surface area contributed by atoms with Gasteiger partial charge in [-0.2, -0.15) is 0 Å². The third-order valence-corrected chi connectivity index (χ3v) is 6.22. The number of carbonyl (C=O) groups is 2. The summed E-state index contributed by atoms with van der Waals surface area (Å²) in [5, 5.41) is 9.96. The smallest absolute Gasteiger partial charge is 0.242 e. The molecule has 0 radical (unpaired) electrons. The van der Waals surface area contributed by atoms with E-state index in [2.05, 4.69) is 30.7 Å². The molecule has 0 spiro atoms. The molecule has 2 amide bonds. The fraction of sp³-hybridized carbons (Fsp3) is 0.423. The highest BCUT2D eigenvalue weighted by molar-refractivity contribution is 5.88.